The molecule has 0 unspecified atom stereocenters. The number of aryl methyl sites for hydroxylation is 1. The number of carbonyl (C=O) groups excluding carboxylic acids is 2. The normalized spacial score (nSPS) is 13.6. The summed E-state index contributed by atoms with van der Waals surface area (Å²) in [5, 5.41) is 2.78. The molecule has 0 aromatic heterocycles. The number of para-hydroxylation sites is 2. The second-order valence-electron chi connectivity index (χ2n) is 4.92. The predicted molar refractivity (Wildman–Crippen MR) is 85.6 cm³/mol. The van der Waals surface area contributed by atoms with Crippen LogP contribution in [-0.4, -0.2) is 18.4 Å². The molecule has 4 nitrogen and oxygen atoms in total. The van der Waals surface area contributed by atoms with Crippen LogP contribution in [0.1, 0.15) is 15.9 Å². The van der Waals surface area contributed by atoms with Crippen LogP contribution in [0.5, 0.6) is 0 Å². The van der Waals surface area contributed by atoms with Crippen LogP contribution < -0.4 is 10.2 Å². The quantitative estimate of drug-likeness (QED) is 0.862. The third-order valence-electron chi connectivity index (χ3n) is 3.43. The number of fused-ring (bicyclic) bond motifs is 1. The van der Waals surface area contributed by atoms with Crippen LogP contribution in [0.15, 0.2) is 46.9 Å². The second kappa shape index (κ2) is 5.33. The molecule has 2 amide bonds. The lowest BCUT2D eigenvalue weighted by Gasteiger charge is -2.29. The number of nitrogens with zero attached hydrogens (tertiary/aromatic N) is 1. The van der Waals surface area contributed by atoms with Gasteiger partial charge in [-0.05, 0) is 42.8 Å². The molecule has 1 aliphatic heterocycles. The van der Waals surface area contributed by atoms with E-state index in [0.717, 1.165) is 15.7 Å². The van der Waals surface area contributed by atoms with E-state index in [9.17, 15) is 9.59 Å². The van der Waals surface area contributed by atoms with Crippen LogP contribution in [0.25, 0.3) is 0 Å². The monoisotopic (exact) mass is 344 g/mol. The standard InChI is InChI=1S/C16H13BrN2O2/c1-10-8-11(17)6-7-12(10)16(21)19-9-15(20)18-13-4-2-3-5-14(13)19/h2-8H,9H2,1H3,(H,18,20). The number of hydrogen-bond acceptors (Lipinski definition) is 2. The second-order valence-corrected chi connectivity index (χ2v) is 5.83. The minimum absolute atomic E-state index is 0.0331. The molecule has 0 radical (unpaired) electrons. The molecule has 3 rings (SSSR count). The van der Waals surface area contributed by atoms with E-state index in [1.165, 1.54) is 4.90 Å². The van der Waals surface area contributed by atoms with E-state index in [-0.39, 0.29) is 18.4 Å². The maximum atomic E-state index is 12.8. The molecule has 0 fully saturated rings. The predicted octanol–water partition coefficient (Wildman–Crippen LogP) is 3.36. The fraction of sp³-hybridized carbons (Fsp3) is 0.125. The van der Waals surface area contributed by atoms with Crippen molar-refractivity contribution in [1.82, 2.24) is 0 Å². The van der Waals surface area contributed by atoms with Crippen molar-refractivity contribution < 1.29 is 9.59 Å². The van der Waals surface area contributed by atoms with Crippen LogP contribution in [0.4, 0.5) is 11.4 Å². The van der Waals surface area contributed by atoms with Crippen molar-refractivity contribution in [2.45, 2.75) is 6.92 Å². The van der Waals surface area contributed by atoms with Gasteiger partial charge in [0.2, 0.25) is 5.91 Å². The molecule has 21 heavy (non-hydrogen) atoms. The first-order valence-corrected chi connectivity index (χ1v) is 7.32. The number of benzene rings is 2. The van der Waals surface area contributed by atoms with E-state index in [2.05, 4.69) is 21.2 Å². The molecule has 0 spiro atoms. The highest BCUT2D eigenvalue weighted by molar-refractivity contribution is 9.10. The summed E-state index contributed by atoms with van der Waals surface area (Å²) in [6, 6.07) is 12.8. The molecule has 0 aliphatic carbocycles. The lowest BCUT2D eigenvalue weighted by Crippen LogP contribution is -2.42. The fourth-order valence-corrected chi connectivity index (χ4v) is 2.90. The van der Waals surface area contributed by atoms with Gasteiger partial charge in [-0.15, -0.1) is 0 Å². The van der Waals surface area contributed by atoms with Crippen LogP contribution >= 0.6 is 15.9 Å². The summed E-state index contributed by atoms with van der Waals surface area (Å²) in [7, 11) is 0. The number of rotatable bonds is 1. The highest BCUT2D eigenvalue weighted by atomic mass is 79.9. The van der Waals surface area contributed by atoms with Gasteiger partial charge in [0.25, 0.3) is 5.91 Å². The molecule has 2 aromatic carbocycles. The van der Waals surface area contributed by atoms with Crippen molar-refractivity contribution in [3.63, 3.8) is 0 Å². The minimum atomic E-state index is -0.184. The van der Waals surface area contributed by atoms with Crippen LogP contribution in [0, 0.1) is 6.92 Å². The molecule has 5 heteroatoms. The van der Waals surface area contributed by atoms with Gasteiger partial charge in [0.1, 0.15) is 6.54 Å². The Hall–Kier alpha value is -2.14. The summed E-state index contributed by atoms with van der Waals surface area (Å²) in [4.78, 5) is 26.1. The Morgan fingerprint density at radius 1 is 1.24 bits per heavy atom. The highest BCUT2D eigenvalue weighted by Gasteiger charge is 2.28. The Kier molecular flexibility index (Phi) is 3.51. The Labute approximate surface area is 130 Å². The molecular formula is C16H13BrN2O2. The number of carbonyl (C=O) groups is 2. The smallest absolute Gasteiger partial charge is 0.259 e. The number of anilines is 2. The van der Waals surface area contributed by atoms with Gasteiger partial charge in [0, 0.05) is 10.0 Å². The number of nitrogens with one attached hydrogen (secondary N) is 1. The van der Waals surface area contributed by atoms with E-state index >= 15 is 0 Å². The number of halogens is 1. The zero-order valence-electron chi connectivity index (χ0n) is 11.4. The summed E-state index contributed by atoms with van der Waals surface area (Å²) < 4.78 is 0.924. The number of amides is 2. The molecular weight excluding hydrogens is 332 g/mol. The first-order chi connectivity index (χ1) is 10.1. The molecule has 0 atom stereocenters. The van der Waals surface area contributed by atoms with Crippen molar-refractivity contribution in [1.29, 1.82) is 0 Å². The van der Waals surface area contributed by atoms with Crippen molar-refractivity contribution in [3.05, 3.63) is 58.1 Å². The first kappa shape index (κ1) is 13.8. The SMILES string of the molecule is Cc1cc(Br)ccc1C(=O)N1CC(=O)Nc2ccccc21. The molecule has 2 aromatic rings. The van der Waals surface area contributed by atoms with Crippen LogP contribution in [0.3, 0.4) is 0 Å². The van der Waals surface area contributed by atoms with Gasteiger partial charge in [0.05, 0.1) is 11.4 Å². The lowest BCUT2D eigenvalue weighted by atomic mass is 10.1. The largest absolute Gasteiger partial charge is 0.323 e. The Bertz CT molecular complexity index is 743. The van der Waals surface area contributed by atoms with E-state index in [4.69, 9.17) is 0 Å². The van der Waals surface area contributed by atoms with Gasteiger partial charge < -0.3 is 5.32 Å². The Morgan fingerprint density at radius 2 is 2.00 bits per heavy atom. The van der Waals surface area contributed by atoms with Gasteiger partial charge in [-0.1, -0.05) is 28.1 Å². The van der Waals surface area contributed by atoms with E-state index in [0.29, 0.717) is 11.3 Å². The Balaban J connectivity index is 2.04. The third-order valence-corrected chi connectivity index (χ3v) is 3.93. The van der Waals surface area contributed by atoms with E-state index in [1.807, 2.05) is 37.3 Å². The fourth-order valence-electron chi connectivity index (χ4n) is 2.43. The third kappa shape index (κ3) is 2.56. The summed E-state index contributed by atoms with van der Waals surface area (Å²) >= 11 is 3.39. The number of hydrogen-bond donors (Lipinski definition) is 1. The molecule has 106 valence electrons. The average molecular weight is 345 g/mol. The lowest BCUT2D eigenvalue weighted by molar-refractivity contribution is -0.115. The highest BCUT2D eigenvalue weighted by Crippen LogP contribution is 2.30. The Morgan fingerprint density at radius 3 is 2.76 bits per heavy atom. The van der Waals surface area contributed by atoms with Crippen molar-refractivity contribution in [2.24, 2.45) is 0 Å². The molecule has 1 N–H and O–H groups in total. The maximum absolute atomic E-state index is 12.8. The van der Waals surface area contributed by atoms with Gasteiger partial charge >= 0.3 is 0 Å². The minimum Gasteiger partial charge on any atom is -0.323 e. The van der Waals surface area contributed by atoms with Crippen LogP contribution in [0.2, 0.25) is 0 Å². The summed E-state index contributed by atoms with van der Waals surface area (Å²) in [6.45, 7) is 1.92. The summed E-state index contributed by atoms with van der Waals surface area (Å²) in [6.07, 6.45) is 0. The zero-order chi connectivity index (χ0) is 15.0. The van der Waals surface area contributed by atoms with Gasteiger partial charge in [-0.25, -0.2) is 0 Å². The van der Waals surface area contributed by atoms with E-state index in [1.54, 1.807) is 12.1 Å². The molecule has 0 bridgehead atoms. The van der Waals surface area contributed by atoms with Gasteiger partial charge in [0.15, 0.2) is 0 Å². The van der Waals surface area contributed by atoms with Crippen molar-refractivity contribution in [3.8, 4) is 0 Å². The summed E-state index contributed by atoms with van der Waals surface area (Å²) in [5.74, 6) is -0.348. The first-order valence-electron chi connectivity index (χ1n) is 6.53. The maximum Gasteiger partial charge on any atom is 0.259 e. The zero-order valence-corrected chi connectivity index (χ0v) is 13.0. The van der Waals surface area contributed by atoms with Gasteiger partial charge in [-0.2, -0.15) is 0 Å². The molecule has 0 saturated carbocycles. The van der Waals surface area contributed by atoms with Crippen LogP contribution in [-0.2, 0) is 4.79 Å². The topological polar surface area (TPSA) is 49.4 Å². The molecule has 1 heterocycles. The molecule has 0 saturated heterocycles. The summed E-state index contributed by atoms with van der Waals surface area (Å²) in [5.41, 5.74) is 2.86. The average Bonchev–Trinajstić information content (AvgIpc) is 2.45. The van der Waals surface area contributed by atoms with Gasteiger partial charge in [-0.3, -0.25) is 14.5 Å². The van der Waals surface area contributed by atoms with Crippen molar-refractivity contribution in [2.75, 3.05) is 16.8 Å². The van der Waals surface area contributed by atoms with Crippen molar-refractivity contribution >= 4 is 39.1 Å². The molecule has 1 aliphatic rings. The van der Waals surface area contributed by atoms with E-state index < -0.39 is 0 Å².